The largest absolute Gasteiger partial charge is 0.490 e. The first-order valence-electron chi connectivity index (χ1n) is 12.9. The van der Waals surface area contributed by atoms with Gasteiger partial charge in [0, 0.05) is 19.1 Å². The number of ether oxygens (including phenoxy) is 3. The maximum atomic E-state index is 13.8. The van der Waals surface area contributed by atoms with Gasteiger partial charge in [-0.25, -0.2) is 9.79 Å². The minimum atomic E-state index is -0.907. The molecule has 1 aliphatic rings. The van der Waals surface area contributed by atoms with Crippen molar-refractivity contribution in [1.29, 1.82) is 0 Å². The van der Waals surface area contributed by atoms with Crippen LogP contribution >= 0.6 is 11.3 Å². The highest BCUT2D eigenvalue weighted by Gasteiger charge is 2.34. The predicted molar refractivity (Wildman–Crippen MR) is 152 cm³/mol. The Balaban J connectivity index is 1.91. The molecule has 0 aliphatic carbocycles. The topological polar surface area (TPSA) is 139 Å². The monoisotopic (exact) mass is 579 g/mol. The number of hydrogen-bond acceptors (Lipinski definition) is 10. The van der Waals surface area contributed by atoms with E-state index in [2.05, 4.69) is 4.99 Å². The second-order valence-electron chi connectivity index (χ2n) is 9.66. The molecule has 0 radical (unpaired) electrons. The van der Waals surface area contributed by atoms with Gasteiger partial charge in [-0.1, -0.05) is 31.3 Å². The molecule has 0 bridgehead atoms. The van der Waals surface area contributed by atoms with Crippen molar-refractivity contribution in [2.45, 2.75) is 40.7 Å². The Morgan fingerprint density at radius 1 is 1.17 bits per heavy atom. The fourth-order valence-electron chi connectivity index (χ4n) is 4.26. The van der Waals surface area contributed by atoms with Crippen LogP contribution in [0.1, 0.15) is 51.8 Å². The van der Waals surface area contributed by atoms with Gasteiger partial charge in [-0.15, -0.1) is 0 Å². The van der Waals surface area contributed by atoms with Crippen molar-refractivity contribution < 1.29 is 28.7 Å². The zero-order valence-electron chi connectivity index (χ0n) is 23.2. The summed E-state index contributed by atoms with van der Waals surface area (Å²) in [5, 5.41) is 11.0. The van der Waals surface area contributed by atoms with Crippen molar-refractivity contribution in [3.63, 3.8) is 0 Å². The average molecular weight is 580 g/mol. The number of esters is 2. The first-order valence-corrected chi connectivity index (χ1v) is 13.7. The van der Waals surface area contributed by atoms with E-state index in [9.17, 15) is 24.5 Å². The van der Waals surface area contributed by atoms with Gasteiger partial charge in [0.25, 0.3) is 11.2 Å². The maximum absolute atomic E-state index is 13.8. The van der Waals surface area contributed by atoms with E-state index in [1.807, 2.05) is 13.8 Å². The highest BCUT2D eigenvalue weighted by molar-refractivity contribution is 7.07. The average Bonchev–Trinajstić information content (AvgIpc) is 3.21. The third-order valence-electron chi connectivity index (χ3n) is 6.03. The number of thiazole rings is 1. The van der Waals surface area contributed by atoms with E-state index in [1.165, 1.54) is 23.6 Å². The normalized spacial score (nSPS) is 14.9. The molecule has 1 aliphatic heterocycles. The summed E-state index contributed by atoms with van der Waals surface area (Å²) < 4.78 is 18.3. The fourth-order valence-corrected chi connectivity index (χ4v) is 5.31. The van der Waals surface area contributed by atoms with E-state index >= 15 is 0 Å². The maximum Gasteiger partial charge on any atom is 0.338 e. The number of nitro groups is 1. The molecule has 1 unspecified atom stereocenters. The molecule has 0 spiro atoms. The summed E-state index contributed by atoms with van der Waals surface area (Å²) >= 11 is 1.13. The molecule has 0 fully saturated rings. The number of nitrogens with zero attached hydrogens (tertiary/aromatic N) is 3. The van der Waals surface area contributed by atoms with Crippen molar-refractivity contribution in [2.75, 3.05) is 13.2 Å². The summed E-state index contributed by atoms with van der Waals surface area (Å²) in [6.07, 6.45) is 1.62. The minimum absolute atomic E-state index is 0.0638. The molecular formula is C29H29N3O8S. The number of nitro benzene ring substituents is 1. The van der Waals surface area contributed by atoms with Crippen LogP contribution in [0.5, 0.6) is 11.5 Å². The fraction of sp³-hybridized carbons (Fsp3) is 0.310. The van der Waals surface area contributed by atoms with Crippen LogP contribution in [0.25, 0.3) is 6.08 Å². The Kier molecular flexibility index (Phi) is 8.82. The van der Waals surface area contributed by atoms with E-state index in [4.69, 9.17) is 14.2 Å². The molecule has 3 aromatic rings. The number of carbonyl (C=O) groups is 2. The zero-order valence-corrected chi connectivity index (χ0v) is 24.0. The van der Waals surface area contributed by atoms with Crippen LogP contribution in [-0.4, -0.2) is 34.6 Å². The highest BCUT2D eigenvalue weighted by atomic mass is 32.1. The lowest BCUT2D eigenvalue weighted by atomic mass is 9.95. The van der Waals surface area contributed by atoms with Crippen molar-refractivity contribution in [2.24, 2.45) is 10.9 Å². The van der Waals surface area contributed by atoms with Crippen LogP contribution in [0.4, 0.5) is 5.69 Å². The Morgan fingerprint density at radius 2 is 1.88 bits per heavy atom. The van der Waals surface area contributed by atoms with Gasteiger partial charge in [0.15, 0.2) is 16.3 Å². The first-order chi connectivity index (χ1) is 19.5. The van der Waals surface area contributed by atoms with E-state index in [0.29, 0.717) is 26.2 Å². The molecule has 41 heavy (non-hydrogen) atoms. The van der Waals surface area contributed by atoms with Crippen LogP contribution in [0, 0.1) is 16.0 Å². The Morgan fingerprint density at radius 3 is 2.49 bits per heavy atom. The molecule has 2 heterocycles. The van der Waals surface area contributed by atoms with E-state index < -0.39 is 28.5 Å². The summed E-state index contributed by atoms with van der Waals surface area (Å²) in [4.78, 5) is 54.4. The summed E-state index contributed by atoms with van der Waals surface area (Å²) in [6.45, 7) is 9.05. The van der Waals surface area contributed by atoms with Crippen LogP contribution in [0.15, 0.2) is 63.5 Å². The smallest absolute Gasteiger partial charge is 0.338 e. The molecule has 0 N–H and O–H groups in total. The summed E-state index contributed by atoms with van der Waals surface area (Å²) in [7, 11) is 0. The molecule has 214 valence electrons. The van der Waals surface area contributed by atoms with Crippen molar-refractivity contribution in [3.05, 3.63) is 94.7 Å². The number of benzene rings is 2. The number of aromatic nitrogens is 1. The minimum Gasteiger partial charge on any atom is -0.490 e. The zero-order chi connectivity index (χ0) is 29.8. The molecule has 2 aromatic carbocycles. The van der Waals surface area contributed by atoms with E-state index in [0.717, 1.165) is 11.3 Å². The van der Waals surface area contributed by atoms with Gasteiger partial charge < -0.3 is 14.2 Å². The number of rotatable bonds is 9. The van der Waals surface area contributed by atoms with Crippen molar-refractivity contribution in [3.8, 4) is 11.5 Å². The van der Waals surface area contributed by atoms with Gasteiger partial charge in [-0.3, -0.25) is 24.3 Å². The van der Waals surface area contributed by atoms with E-state index in [1.54, 1.807) is 50.3 Å². The quantitative estimate of drug-likeness (QED) is 0.162. The van der Waals surface area contributed by atoms with Gasteiger partial charge in [0.1, 0.15) is 0 Å². The molecule has 0 saturated carbocycles. The van der Waals surface area contributed by atoms with Crippen LogP contribution < -0.4 is 24.4 Å². The van der Waals surface area contributed by atoms with Gasteiger partial charge in [0.2, 0.25) is 0 Å². The lowest BCUT2D eigenvalue weighted by molar-refractivity contribution is -0.384. The van der Waals surface area contributed by atoms with Gasteiger partial charge >= 0.3 is 11.9 Å². The molecule has 1 atom stereocenters. The standard InChI is InChI=1S/C29H29N3O8S/c1-6-38-23-14-20(9-12-22(23)40-18(5)33)26-25(28(35)39-15-16(2)3)17(4)30-29-31(26)27(34)24(41-29)13-19-7-10-21(11-8-19)32(36)37/h7-14,16,26H,6,15H2,1-5H3/b24-13+. The molecule has 11 nitrogen and oxygen atoms in total. The Labute approximate surface area is 239 Å². The number of non-ortho nitro benzene ring substituents is 1. The first kappa shape index (κ1) is 29.4. The Bertz CT molecular complexity index is 1720. The van der Waals surface area contributed by atoms with Gasteiger partial charge in [0.05, 0.1) is 40.0 Å². The molecule has 1 aromatic heterocycles. The molecule has 0 saturated heterocycles. The third-order valence-corrected chi connectivity index (χ3v) is 7.01. The lowest BCUT2D eigenvalue weighted by Gasteiger charge is -2.25. The summed E-state index contributed by atoms with van der Waals surface area (Å²) in [6, 6.07) is 9.77. The SMILES string of the molecule is CCOc1cc(C2C(C(=O)OCC(C)C)=C(C)N=c3s/c(=C/c4ccc([N+](=O)[O-])cc4)c(=O)n32)ccc1OC(C)=O. The molecular weight excluding hydrogens is 550 g/mol. The second-order valence-corrected chi connectivity index (χ2v) is 10.7. The molecule has 4 rings (SSSR count). The third kappa shape index (κ3) is 6.43. The van der Waals surface area contributed by atoms with Crippen LogP contribution in [-0.2, 0) is 14.3 Å². The highest BCUT2D eigenvalue weighted by Crippen LogP contribution is 2.36. The molecule has 12 heteroatoms. The Hall–Kier alpha value is -4.58. The van der Waals surface area contributed by atoms with Crippen LogP contribution in [0.3, 0.4) is 0 Å². The summed E-state index contributed by atoms with van der Waals surface area (Å²) in [5.74, 6) is -0.548. The molecule has 0 amide bonds. The number of allylic oxidation sites excluding steroid dienone is 1. The number of carbonyl (C=O) groups excluding carboxylic acids is 2. The lowest BCUT2D eigenvalue weighted by Crippen LogP contribution is -2.40. The number of fused-ring (bicyclic) bond motifs is 1. The summed E-state index contributed by atoms with van der Waals surface area (Å²) in [5.41, 5.74) is 1.25. The number of hydrogen-bond donors (Lipinski definition) is 0. The van der Waals surface area contributed by atoms with E-state index in [-0.39, 0.29) is 41.9 Å². The predicted octanol–water partition coefficient (Wildman–Crippen LogP) is 3.67. The van der Waals surface area contributed by atoms with Gasteiger partial charge in [-0.2, -0.15) is 0 Å². The van der Waals surface area contributed by atoms with Crippen molar-refractivity contribution in [1.82, 2.24) is 4.57 Å². The van der Waals surface area contributed by atoms with Gasteiger partial charge in [-0.05, 0) is 61.2 Å². The van der Waals surface area contributed by atoms with Crippen molar-refractivity contribution >= 4 is 35.0 Å². The van der Waals surface area contributed by atoms with Crippen LogP contribution in [0.2, 0.25) is 0 Å². The second kappa shape index (κ2) is 12.3.